The van der Waals surface area contributed by atoms with E-state index in [0.717, 1.165) is 5.56 Å². The summed E-state index contributed by atoms with van der Waals surface area (Å²) in [6.45, 7) is 3.31. The Morgan fingerprint density at radius 2 is 1.86 bits per heavy atom. The van der Waals surface area contributed by atoms with Crippen molar-refractivity contribution in [1.29, 1.82) is 0 Å². The first-order valence-electron chi connectivity index (χ1n) is 6.99. The molecule has 0 spiro atoms. The van der Waals surface area contributed by atoms with Crippen LogP contribution < -0.4 is 5.32 Å². The lowest BCUT2D eigenvalue weighted by atomic mass is 9.94. The number of rotatable bonds is 8. The second-order valence-electron chi connectivity index (χ2n) is 4.79. The van der Waals surface area contributed by atoms with E-state index in [2.05, 4.69) is 5.32 Å². The predicted octanol–water partition coefficient (Wildman–Crippen LogP) is 1.50. The number of ketones is 1. The van der Waals surface area contributed by atoms with Gasteiger partial charge in [0.05, 0.1) is 19.1 Å². The molecule has 5 heteroatoms. The maximum atomic E-state index is 12.0. The van der Waals surface area contributed by atoms with E-state index >= 15 is 0 Å². The smallest absolute Gasteiger partial charge is 0.309 e. The molecule has 0 aliphatic heterocycles. The zero-order valence-corrected chi connectivity index (χ0v) is 12.4. The van der Waals surface area contributed by atoms with Crippen LogP contribution in [0.3, 0.4) is 0 Å². The van der Waals surface area contributed by atoms with Crippen LogP contribution in [-0.4, -0.2) is 30.8 Å². The molecular formula is C16H21NO4. The number of hydrogen-bond donors (Lipinski definition) is 1. The van der Waals surface area contributed by atoms with Crippen LogP contribution in [0.2, 0.25) is 0 Å². The van der Waals surface area contributed by atoms with E-state index in [1.54, 1.807) is 6.92 Å². The minimum atomic E-state index is -0.520. The largest absolute Gasteiger partial charge is 0.466 e. The standard InChI is InChI=1S/C16H21NO4/c1-3-21-16(20)14(9-13-7-5-4-6-8-13)10-15(19)11-17-12(2)18/h4-8,14H,3,9-11H2,1-2H3,(H,17,18)/t14-/m1/s1. The molecule has 1 atom stereocenters. The number of ether oxygens (including phenoxy) is 1. The molecule has 5 nitrogen and oxygen atoms in total. The summed E-state index contributed by atoms with van der Waals surface area (Å²) in [7, 11) is 0. The van der Waals surface area contributed by atoms with Crippen molar-refractivity contribution in [1.82, 2.24) is 5.32 Å². The van der Waals surface area contributed by atoms with E-state index < -0.39 is 5.92 Å². The fourth-order valence-corrected chi connectivity index (χ4v) is 1.97. The van der Waals surface area contributed by atoms with Crippen LogP contribution >= 0.6 is 0 Å². The highest BCUT2D eigenvalue weighted by atomic mass is 16.5. The van der Waals surface area contributed by atoms with Gasteiger partial charge in [-0.15, -0.1) is 0 Å². The molecule has 0 aliphatic carbocycles. The molecule has 0 aromatic heterocycles. The van der Waals surface area contributed by atoms with Gasteiger partial charge in [-0.25, -0.2) is 0 Å². The van der Waals surface area contributed by atoms with Gasteiger partial charge in [-0.3, -0.25) is 14.4 Å². The molecule has 1 N–H and O–H groups in total. The van der Waals surface area contributed by atoms with Crippen LogP contribution in [0.15, 0.2) is 30.3 Å². The quantitative estimate of drug-likeness (QED) is 0.737. The molecule has 0 radical (unpaired) electrons. The third-order valence-electron chi connectivity index (χ3n) is 2.95. The van der Waals surface area contributed by atoms with Crippen LogP contribution in [0, 0.1) is 5.92 Å². The molecule has 0 aliphatic rings. The van der Waals surface area contributed by atoms with E-state index in [1.165, 1.54) is 6.92 Å². The SMILES string of the molecule is CCOC(=O)[C@@H](CC(=O)CNC(C)=O)Cc1ccccc1. The van der Waals surface area contributed by atoms with Gasteiger partial charge in [0.2, 0.25) is 5.91 Å². The molecule has 114 valence electrons. The Hall–Kier alpha value is -2.17. The molecule has 0 saturated heterocycles. The molecule has 1 aromatic rings. The van der Waals surface area contributed by atoms with Crippen molar-refractivity contribution in [3.8, 4) is 0 Å². The van der Waals surface area contributed by atoms with Crippen molar-refractivity contribution < 1.29 is 19.1 Å². The predicted molar refractivity (Wildman–Crippen MR) is 78.6 cm³/mol. The molecule has 1 aromatic carbocycles. The van der Waals surface area contributed by atoms with Crippen molar-refractivity contribution in [3.63, 3.8) is 0 Å². The number of hydrogen-bond acceptors (Lipinski definition) is 4. The van der Waals surface area contributed by atoms with Crippen molar-refractivity contribution in [2.75, 3.05) is 13.2 Å². The third kappa shape index (κ3) is 6.70. The van der Waals surface area contributed by atoms with Crippen molar-refractivity contribution in [3.05, 3.63) is 35.9 Å². The lowest BCUT2D eigenvalue weighted by Gasteiger charge is -2.15. The van der Waals surface area contributed by atoms with Gasteiger partial charge in [0.25, 0.3) is 0 Å². The fourth-order valence-electron chi connectivity index (χ4n) is 1.97. The number of carbonyl (C=O) groups excluding carboxylic acids is 3. The second-order valence-corrected chi connectivity index (χ2v) is 4.79. The Morgan fingerprint density at radius 3 is 2.43 bits per heavy atom. The molecule has 0 saturated carbocycles. The van der Waals surface area contributed by atoms with Crippen LogP contribution in [-0.2, 0) is 25.5 Å². The van der Waals surface area contributed by atoms with Crippen LogP contribution in [0.5, 0.6) is 0 Å². The van der Waals surface area contributed by atoms with Gasteiger partial charge >= 0.3 is 5.97 Å². The average molecular weight is 291 g/mol. The van der Waals surface area contributed by atoms with Gasteiger partial charge in [-0.05, 0) is 18.9 Å². The van der Waals surface area contributed by atoms with Gasteiger partial charge < -0.3 is 10.1 Å². The highest BCUT2D eigenvalue weighted by Gasteiger charge is 2.23. The van der Waals surface area contributed by atoms with E-state index in [9.17, 15) is 14.4 Å². The summed E-state index contributed by atoms with van der Waals surface area (Å²) in [6.07, 6.45) is 0.513. The van der Waals surface area contributed by atoms with Crippen LogP contribution in [0.25, 0.3) is 0 Å². The van der Waals surface area contributed by atoms with Crippen molar-refractivity contribution in [2.45, 2.75) is 26.7 Å². The highest BCUT2D eigenvalue weighted by Crippen LogP contribution is 2.15. The summed E-state index contributed by atoms with van der Waals surface area (Å²) in [6, 6.07) is 9.48. The van der Waals surface area contributed by atoms with Crippen molar-refractivity contribution in [2.24, 2.45) is 5.92 Å². The van der Waals surface area contributed by atoms with Crippen LogP contribution in [0.1, 0.15) is 25.8 Å². The lowest BCUT2D eigenvalue weighted by molar-refractivity contribution is -0.149. The topological polar surface area (TPSA) is 72.5 Å². The second kappa shape index (κ2) is 8.89. The molecule has 21 heavy (non-hydrogen) atoms. The van der Waals surface area contributed by atoms with Gasteiger partial charge in [-0.1, -0.05) is 30.3 Å². The fraction of sp³-hybridized carbons (Fsp3) is 0.438. The minimum absolute atomic E-state index is 0.0555. The average Bonchev–Trinajstić information content (AvgIpc) is 2.46. The first kappa shape index (κ1) is 16.9. The number of amides is 1. The van der Waals surface area contributed by atoms with E-state index in [4.69, 9.17) is 4.74 Å². The van der Waals surface area contributed by atoms with Gasteiger partial charge in [0, 0.05) is 13.3 Å². The maximum absolute atomic E-state index is 12.0. The Labute approximate surface area is 124 Å². The van der Waals surface area contributed by atoms with Crippen LogP contribution in [0.4, 0.5) is 0 Å². The van der Waals surface area contributed by atoms with E-state index in [-0.39, 0.29) is 37.2 Å². The normalized spacial score (nSPS) is 11.5. The number of carbonyl (C=O) groups is 3. The molecule has 1 amide bonds. The summed E-state index contributed by atoms with van der Waals surface area (Å²) >= 11 is 0. The van der Waals surface area contributed by atoms with E-state index in [0.29, 0.717) is 6.42 Å². The minimum Gasteiger partial charge on any atom is -0.466 e. The zero-order valence-electron chi connectivity index (χ0n) is 12.4. The van der Waals surface area contributed by atoms with Gasteiger partial charge in [0.15, 0.2) is 5.78 Å². The first-order valence-corrected chi connectivity index (χ1v) is 6.99. The number of nitrogens with one attached hydrogen (secondary N) is 1. The summed E-state index contributed by atoms with van der Waals surface area (Å²) in [5, 5.41) is 2.44. The Bertz CT molecular complexity index is 484. The summed E-state index contributed by atoms with van der Waals surface area (Å²) in [5.41, 5.74) is 0.975. The van der Waals surface area contributed by atoms with E-state index in [1.807, 2.05) is 30.3 Å². The number of esters is 1. The highest BCUT2D eigenvalue weighted by molar-refractivity contribution is 5.88. The monoisotopic (exact) mass is 291 g/mol. The first-order chi connectivity index (χ1) is 10.0. The Morgan fingerprint density at radius 1 is 1.19 bits per heavy atom. The molecule has 0 bridgehead atoms. The lowest BCUT2D eigenvalue weighted by Crippen LogP contribution is -2.31. The molecular weight excluding hydrogens is 270 g/mol. The third-order valence-corrected chi connectivity index (χ3v) is 2.95. The molecule has 0 heterocycles. The summed E-state index contributed by atoms with van der Waals surface area (Å²) < 4.78 is 5.02. The number of benzene rings is 1. The molecule has 0 unspecified atom stereocenters. The maximum Gasteiger partial charge on any atom is 0.309 e. The zero-order chi connectivity index (χ0) is 15.7. The summed E-state index contributed by atoms with van der Waals surface area (Å²) in [4.78, 5) is 34.6. The van der Waals surface area contributed by atoms with Crippen molar-refractivity contribution >= 4 is 17.7 Å². The van der Waals surface area contributed by atoms with Gasteiger partial charge in [-0.2, -0.15) is 0 Å². The Kier molecular flexibility index (Phi) is 7.15. The van der Waals surface area contributed by atoms with Gasteiger partial charge in [0.1, 0.15) is 0 Å². The molecule has 1 rings (SSSR count). The number of Topliss-reactive ketones (excluding diaryl/α,β-unsaturated/α-hetero) is 1. The summed E-state index contributed by atoms with van der Waals surface area (Å²) in [5.74, 6) is -1.34. The Balaban J connectivity index is 2.66. The molecule has 0 fully saturated rings.